The Kier molecular flexibility index (Phi) is 3.66. The number of aryl methyl sites for hydroxylation is 2. The van der Waals surface area contributed by atoms with Crippen LogP contribution in [0.2, 0.25) is 0 Å². The highest BCUT2D eigenvalue weighted by atomic mass is 16.6. The van der Waals surface area contributed by atoms with E-state index in [2.05, 4.69) is 16.4 Å². The van der Waals surface area contributed by atoms with Gasteiger partial charge in [0.1, 0.15) is 11.5 Å². The molecule has 0 saturated heterocycles. The molecule has 0 amide bonds. The van der Waals surface area contributed by atoms with Gasteiger partial charge in [-0.2, -0.15) is 0 Å². The lowest BCUT2D eigenvalue weighted by atomic mass is 9.87. The topological polar surface area (TPSA) is 94.1 Å². The maximum atomic E-state index is 10.9. The molecule has 0 spiro atoms. The van der Waals surface area contributed by atoms with Crippen LogP contribution in [0.3, 0.4) is 0 Å². The smallest absolute Gasteiger partial charge is 0.290 e. The van der Waals surface area contributed by atoms with Crippen LogP contribution in [-0.4, -0.2) is 9.91 Å². The zero-order valence-corrected chi connectivity index (χ0v) is 12.4. The molecule has 0 bridgehead atoms. The molecule has 0 fully saturated rings. The first-order valence-electron chi connectivity index (χ1n) is 7.31. The molecule has 22 heavy (non-hydrogen) atoms. The average Bonchev–Trinajstić information content (AvgIpc) is 2.47. The number of rotatable bonds is 3. The van der Waals surface area contributed by atoms with Crippen LogP contribution in [0.4, 0.5) is 17.2 Å². The molecule has 6 heteroatoms. The van der Waals surface area contributed by atoms with Crippen LogP contribution in [0.15, 0.2) is 30.3 Å². The minimum atomic E-state index is -0.412. The Bertz CT molecular complexity index is 730. The van der Waals surface area contributed by atoms with Crippen molar-refractivity contribution in [3.63, 3.8) is 0 Å². The highest BCUT2D eigenvalue weighted by Crippen LogP contribution is 2.33. The van der Waals surface area contributed by atoms with Gasteiger partial charge in [0.2, 0.25) is 0 Å². The van der Waals surface area contributed by atoms with Gasteiger partial charge in [-0.1, -0.05) is 6.07 Å². The molecule has 1 unspecified atom stereocenters. The second kappa shape index (κ2) is 5.63. The number of aromatic nitrogens is 1. The Morgan fingerprint density at radius 2 is 2.18 bits per heavy atom. The normalized spacial score (nSPS) is 16.9. The van der Waals surface area contributed by atoms with E-state index < -0.39 is 4.92 Å². The van der Waals surface area contributed by atoms with Gasteiger partial charge in [-0.05, 0) is 55.5 Å². The number of nitrogens with zero attached hydrogens (tertiary/aromatic N) is 2. The Labute approximate surface area is 128 Å². The number of hydrogen-bond donors (Lipinski definition) is 2. The van der Waals surface area contributed by atoms with Crippen LogP contribution in [0.25, 0.3) is 0 Å². The van der Waals surface area contributed by atoms with Gasteiger partial charge >= 0.3 is 0 Å². The largest absolute Gasteiger partial charge is 0.399 e. The van der Waals surface area contributed by atoms with Gasteiger partial charge in [0, 0.05) is 11.8 Å². The van der Waals surface area contributed by atoms with Crippen molar-refractivity contribution in [2.45, 2.75) is 32.2 Å². The minimum Gasteiger partial charge on any atom is -0.399 e. The summed E-state index contributed by atoms with van der Waals surface area (Å²) in [7, 11) is 0. The van der Waals surface area contributed by atoms with Gasteiger partial charge in [0.25, 0.3) is 5.69 Å². The van der Waals surface area contributed by atoms with Crippen molar-refractivity contribution in [1.29, 1.82) is 0 Å². The molecule has 0 radical (unpaired) electrons. The number of pyridine rings is 1. The van der Waals surface area contributed by atoms with E-state index >= 15 is 0 Å². The van der Waals surface area contributed by atoms with Crippen LogP contribution < -0.4 is 11.1 Å². The quantitative estimate of drug-likeness (QED) is 0.514. The van der Waals surface area contributed by atoms with Crippen molar-refractivity contribution < 1.29 is 4.92 Å². The van der Waals surface area contributed by atoms with Crippen LogP contribution in [0.5, 0.6) is 0 Å². The van der Waals surface area contributed by atoms with E-state index in [-0.39, 0.29) is 11.7 Å². The van der Waals surface area contributed by atoms with Crippen molar-refractivity contribution in [2.24, 2.45) is 0 Å². The Hall–Kier alpha value is -2.63. The van der Waals surface area contributed by atoms with Crippen molar-refractivity contribution in [3.05, 3.63) is 57.3 Å². The van der Waals surface area contributed by atoms with Crippen molar-refractivity contribution in [2.75, 3.05) is 11.1 Å². The fourth-order valence-corrected chi connectivity index (χ4v) is 2.99. The summed E-state index contributed by atoms with van der Waals surface area (Å²) in [5.41, 5.74) is 9.59. The molecule has 1 aliphatic carbocycles. The van der Waals surface area contributed by atoms with E-state index in [0.717, 1.165) is 24.9 Å². The molecule has 1 aromatic carbocycles. The summed E-state index contributed by atoms with van der Waals surface area (Å²) < 4.78 is 0. The molecule has 0 aliphatic heterocycles. The molecule has 114 valence electrons. The average molecular weight is 298 g/mol. The lowest BCUT2D eigenvalue weighted by Gasteiger charge is -2.27. The van der Waals surface area contributed by atoms with E-state index in [1.807, 2.05) is 12.1 Å². The first-order valence-corrected chi connectivity index (χ1v) is 7.31. The van der Waals surface area contributed by atoms with Gasteiger partial charge in [0.05, 0.1) is 11.0 Å². The molecule has 6 nitrogen and oxygen atoms in total. The van der Waals surface area contributed by atoms with Crippen LogP contribution in [0.1, 0.15) is 35.7 Å². The molecule has 1 aliphatic rings. The molecule has 0 saturated carbocycles. The Morgan fingerprint density at radius 3 is 2.91 bits per heavy atom. The van der Waals surface area contributed by atoms with E-state index in [4.69, 9.17) is 5.73 Å². The van der Waals surface area contributed by atoms with Gasteiger partial charge in [0.15, 0.2) is 0 Å². The molecule has 2 aromatic rings. The molecule has 1 aromatic heterocycles. The number of nitrogen functional groups attached to an aromatic ring is 1. The summed E-state index contributed by atoms with van der Waals surface area (Å²) in [6.07, 6.45) is 3.12. The van der Waals surface area contributed by atoms with Gasteiger partial charge in [-0.3, -0.25) is 10.1 Å². The third-order valence-electron chi connectivity index (χ3n) is 4.06. The second-order valence-electron chi connectivity index (χ2n) is 5.61. The van der Waals surface area contributed by atoms with Crippen LogP contribution >= 0.6 is 0 Å². The molecule has 1 atom stereocenters. The third kappa shape index (κ3) is 2.72. The number of nitrogens with two attached hydrogens (primary N) is 1. The third-order valence-corrected chi connectivity index (χ3v) is 4.06. The lowest BCUT2D eigenvalue weighted by molar-refractivity contribution is -0.385. The van der Waals surface area contributed by atoms with Crippen molar-refractivity contribution in [1.82, 2.24) is 4.98 Å². The summed E-state index contributed by atoms with van der Waals surface area (Å²) in [6, 6.07) is 9.32. The van der Waals surface area contributed by atoms with Gasteiger partial charge < -0.3 is 11.1 Å². The van der Waals surface area contributed by atoms with Crippen molar-refractivity contribution >= 4 is 17.2 Å². The molecule has 3 rings (SSSR count). The predicted octanol–water partition coefficient (Wildman–Crippen LogP) is 3.37. The van der Waals surface area contributed by atoms with E-state index in [1.165, 1.54) is 17.2 Å². The van der Waals surface area contributed by atoms with E-state index in [1.54, 1.807) is 13.0 Å². The molecular weight excluding hydrogens is 280 g/mol. The minimum absolute atomic E-state index is 0.0439. The van der Waals surface area contributed by atoms with Gasteiger partial charge in [-0.25, -0.2) is 4.98 Å². The molecule has 3 N–H and O–H groups in total. The van der Waals surface area contributed by atoms with E-state index in [0.29, 0.717) is 11.5 Å². The number of anilines is 2. The summed E-state index contributed by atoms with van der Waals surface area (Å²) in [4.78, 5) is 14.7. The SMILES string of the molecule is Cc1nc(NC2CCCc3cc(N)ccc32)ccc1[N+](=O)[O-]. The summed E-state index contributed by atoms with van der Waals surface area (Å²) in [5.74, 6) is 0.665. The van der Waals surface area contributed by atoms with Crippen LogP contribution in [0, 0.1) is 17.0 Å². The zero-order chi connectivity index (χ0) is 15.7. The van der Waals surface area contributed by atoms with E-state index in [9.17, 15) is 10.1 Å². The van der Waals surface area contributed by atoms with Crippen molar-refractivity contribution in [3.8, 4) is 0 Å². The van der Waals surface area contributed by atoms with Crippen LogP contribution in [-0.2, 0) is 6.42 Å². The first kappa shape index (κ1) is 14.3. The highest BCUT2D eigenvalue weighted by Gasteiger charge is 2.21. The number of fused-ring (bicyclic) bond motifs is 1. The maximum absolute atomic E-state index is 10.9. The zero-order valence-electron chi connectivity index (χ0n) is 12.4. The first-order chi connectivity index (χ1) is 10.5. The number of nitro groups is 1. The lowest BCUT2D eigenvalue weighted by Crippen LogP contribution is -2.18. The number of benzene rings is 1. The highest BCUT2D eigenvalue weighted by molar-refractivity contribution is 5.51. The summed E-state index contributed by atoms with van der Waals surface area (Å²) in [5, 5.41) is 14.2. The number of nitrogens with one attached hydrogen (secondary N) is 1. The maximum Gasteiger partial charge on any atom is 0.290 e. The van der Waals surface area contributed by atoms with Gasteiger partial charge in [-0.15, -0.1) is 0 Å². The molecular formula is C16H18N4O2. The summed E-state index contributed by atoms with van der Waals surface area (Å²) in [6.45, 7) is 1.65. The fourth-order valence-electron chi connectivity index (χ4n) is 2.99. The fraction of sp³-hybridized carbons (Fsp3) is 0.312. The predicted molar refractivity (Wildman–Crippen MR) is 85.8 cm³/mol. The monoisotopic (exact) mass is 298 g/mol. The second-order valence-corrected chi connectivity index (χ2v) is 5.61. The summed E-state index contributed by atoms with van der Waals surface area (Å²) >= 11 is 0. The Morgan fingerprint density at radius 1 is 1.36 bits per heavy atom. The Balaban J connectivity index is 1.86. The standard InChI is InChI=1S/C16H18N4O2/c1-10-15(20(21)22)7-8-16(18-10)19-14-4-2-3-11-9-12(17)5-6-13(11)14/h5-9,14H,2-4,17H2,1H3,(H,18,19). The number of hydrogen-bond acceptors (Lipinski definition) is 5. The molecule has 1 heterocycles.